The van der Waals surface area contributed by atoms with Crippen molar-refractivity contribution in [3.05, 3.63) is 70.5 Å². The minimum absolute atomic E-state index is 0.0830. The largest absolute Gasteiger partial charge is 0.349 e. The fourth-order valence-corrected chi connectivity index (χ4v) is 2.56. The van der Waals surface area contributed by atoms with Crippen LogP contribution in [0.2, 0.25) is 5.02 Å². The first kappa shape index (κ1) is 18.4. The van der Waals surface area contributed by atoms with Crippen LogP contribution in [0.1, 0.15) is 23.6 Å². The van der Waals surface area contributed by atoms with Crippen LogP contribution in [0, 0.1) is 5.82 Å². The average molecular weight is 349 g/mol. The molecule has 2 aromatic carbocycles. The van der Waals surface area contributed by atoms with Gasteiger partial charge in [-0.1, -0.05) is 35.9 Å². The van der Waals surface area contributed by atoms with Gasteiger partial charge in [0.05, 0.1) is 12.5 Å². The number of hydrogen-bond acceptors (Lipinski definition) is 2. The van der Waals surface area contributed by atoms with E-state index in [1.54, 1.807) is 12.1 Å². The van der Waals surface area contributed by atoms with Gasteiger partial charge < -0.3 is 10.2 Å². The highest BCUT2D eigenvalue weighted by Crippen LogP contribution is 2.20. The highest BCUT2D eigenvalue weighted by Gasteiger charge is 2.15. The Morgan fingerprint density at radius 1 is 1.12 bits per heavy atom. The summed E-state index contributed by atoms with van der Waals surface area (Å²) >= 11 is 5.94. The number of benzene rings is 2. The summed E-state index contributed by atoms with van der Waals surface area (Å²) in [7, 11) is 4.00. The third-order valence-corrected chi connectivity index (χ3v) is 4.00. The molecule has 2 aromatic rings. The van der Waals surface area contributed by atoms with Gasteiger partial charge in [-0.2, -0.15) is 0 Å². The predicted molar refractivity (Wildman–Crippen MR) is 95.6 cm³/mol. The van der Waals surface area contributed by atoms with Gasteiger partial charge in [-0.25, -0.2) is 4.39 Å². The summed E-state index contributed by atoms with van der Waals surface area (Å²) in [6.07, 6.45) is 1.02. The lowest BCUT2D eigenvalue weighted by molar-refractivity contribution is -0.121. The van der Waals surface area contributed by atoms with Crippen molar-refractivity contribution in [3.63, 3.8) is 0 Å². The Labute approximate surface area is 147 Å². The van der Waals surface area contributed by atoms with Gasteiger partial charge in [-0.15, -0.1) is 0 Å². The van der Waals surface area contributed by atoms with E-state index in [4.69, 9.17) is 11.6 Å². The summed E-state index contributed by atoms with van der Waals surface area (Å²) in [6, 6.07) is 13.4. The highest BCUT2D eigenvalue weighted by molar-refractivity contribution is 6.30. The predicted octanol–water partition coefficient (Wildman–Crippen LogP) is 3.83. The number of carbonyl (C=O) groups excluding carboxylic acids is 1. The number of carbonyl (C=O) groups is 1. The summed E-state index contributed by atoms with van der Waals surface area (Å²) in [4.78, 5) is 14.4. The van der Waals surface area contributed by atoms with Gasteiger partial charge in [-0.3, -0.25) is 4.79 Å². The Bertz CT molecular complexity index is 656. The summed E-state index contributed by atoms with van der Waals surface area (Å²) in [5, 5.41) is 3.74. The fourth-order valence-electron chi connectivity index (χ4n) is 2.44. The van der Waals surface area contributed by atoms with E-state index in [0.29, 0.717) is 5.02 Å². The Morgan fingerprint density at radius 2 is 1.75 bits per heavy atom. The van der Waals surface area contributed by atoms with Crippen molar-refractivity contribution in [1.29, 1.82) is 0 Å². The maximum absolute atomic E-state index is 12.9. The molecule has 0 aliphatic heterocycles. The minimum atomic E-state index is -0.302. The molecular weight excluding hydrogens is 327 g/mol. The Balaban J connectivity index is 2.04. The third-order valence-electron chi connectivity index (χ3n) is 3.75. The Kier molecular flexibility index (Phi) is 6.76. The van der Waals surface area contributed by atoms with Crippen molar-refractivity contribution in [3.8, 4) is 0 Å². The molecule has 0 aliphatic rings. The molecule has 0 bridgehead atoms. The number of rotatable bonds is 7. The van der Waals surface area contributed by atoms with E-state index in [0.717, 1.165) is 24.1 Å². The molecule has 0 spiro atoms. The monoisotopic (exact) mass is 348 g/mol. The zero-order valence-corrected chi connectivity index (χ0v) is 14.7. The van der Waals surface area contributed by atoms with Crippen LogP contribution >= 0.6 is 11.6 Å². The number of amides is 1. The molecule has 1 atom stereocenters. The molecule has 0 saturated heterocycles. The van der Waals surface area contributed by atoms with Gasteiger partial charge in [0.1, 0.15) is 5.82 Å². The molecule has 0 heterocycles. The van der Waals surface area contributed by atoms with Gasteiger partial charge >= 0.3 is 0 Å². The normalized spacial score (nSPS) is 12.2. The molecule has 0 aliphatic carbocycles. The van der Waals surface area contributed by atoms with E-state index in [-0.39, 0.29) is 24.2 Å². The molecule has 128 valence electrons. The van der Waals surface area contributed by atoms with Gasteiger partial charge in [0, 0.05) is 5.02 Å². The maximum atomic E-state index is 12.9. The fraction of sp³-hybridized carbons (Fsp3) is 0.316. The van der Waals surface area contributed by atoms with Crippen LogP contribution in [-0.4, -0.2) is 31.4 Å². The standard InChI is InChI=1S/C19H22ClFN2O/c1-23(2)12-11-18(15-5-7-16(20)8-6-15)22-19(24)13-14-3-9-17(21)10-4-14/h3-10,18H,11-13H2,1-2H3,(H,22,24). The van der Waals surface area contributed by atoms with E-state index in [2.05, 4.69) is 10.2 Å². The quantitative estimate of drug-likeness (QED) is 0.824. The topological polar surface area (TPSA) is 32.3 Å². The zero-order valence-electron chi connectivity index (χ0n) is 13.9. The Morgan fingerprint density at radius 3 is 2.33 bits per heavy atom. The van der Waals surface area contributed by atoms with Crippen LogP contribution in [0.4, 0.5) is 4.39 Å². The molecule has 5 heteroatoms. The van der Waals surface area contributed by atoms with Crippen molar-refractivity contribution in [2.75, 3.05) is 20.6 Å². The van der Waals surface area contributed by atoms with Crippen molar-refractivity contribution < 1.29 is 9.18 Å². The molecule has 0 aromatic heterocycles. The summed E-state index contributed by atoms with van der Waals surface area (Å²) in [6.45, 7) is 0.851. The van der Waals surface area contributed by atoms with Crippen molar-refractivity contribution >= 4 is 17.5 Å². The lowest BCUT2D eigenvalue weighted by atomic mass is 10.0. The lowest BCUT2D eigenvalue weighted by Crippen LogP contribution is -2.32. The van der Waals surface area contributed by atoms with Crippen molar-refractivity contribution in [2.45, 2.75) is 18.9 Å². The molecule has 1 amide bonds. The van der Waals surface area contributed by atoms with Crippen LogP contribution in [0.15, 0.2) is 48.5 Å². The molecule has 2 rings (SSSR count). The smallest absolute Gasteiger partial charge is 0.224 e. The average Bonchev–Trinajstić information content (AvgIpc) is 2.54. The maximum Gasteiger partial charge on any atom is 0.224 e. The number of nitrogens with one attached hydrogen (secondary N) is 1. The number of hydrogen-bond donors (Lipinski definition) is 1. The second-order valence-corrected chi connectivity index (χ2v) is 6.50. The minimum Gasteiger partial charge on any atom is -0.349 e. The van der Waals surface area contributed by atoms with Crippen LogP contribution in [0.5, 0.6) is 0 Å². The van der Waals surface area contributed by atoms with Gasteiger partial charge in [-0.05, 0) is 62.5 Å². The highest BCUT2D eigenvalue weighted by atomic mass is 35.5. The summed E-state index contributed by atoms with van der Waals surface area (Å²) in [5.74, 6) is -0.385. The zero-order chi connectivity index (χ0) is 17.5. The van der Waals surface area contributed by atoms with Crippen LogP contribution in [0.3, 0.4) is 0 Å². The van der Waals surface area contributed by atoms with E-state index in [1.807, 2.05) is 38.4 Å². The molecular formula is C19H22ClFN2O. The van der Waals surface area contributed by atoms with Gasteiger partial charge in [0.2, 0.25) is 5.91 Å². The van der Waals surface area contributed by atoms with E-state index in [9.17, 15) is 9.18 Å². The SMILES string of the molecule is CN(C)CCC(NC(=O)Cc1ccc(F)cc1)c1ccc(Cl)cc1. The van der Waals surface area contributed by atoms with Gasteiger partial charge in [0.15, 0.2) is 0 Å². The molecule has 0 saturated carbocycles. The third kappa shape index (κ3) is 5.95. The second-order valence-electron chi connectivity index (χ2n) is 6.07. The molecule has 0 fully saturated rings. The van der Waals surface area contributed by atoms with Crippen molar-refractivity contribution in [1.82, 2.24) is 10.2 Å². The first-order valence-electron chi connectivity index (χ1n) is 7.88. The van der Waals surface area contributed by atoms with E-state index < -0.39 is 0 Å². The molecule has 3 nitrogen and oxygen atoms in total. The van der Waals surface area contributed by atoms with Crippen LogP contribution < -0.4 is 5.32 Å². The summed E-state index contributed by atoms with van der Waals surface area (Å²) < 4.78 is 12.9. The first-order chi connectivity index (χ1) is 11.4. The number of nitrogens with zero attached hydrogens (tertiary/aromatic N) is 1. The van der Waals surface area contributed by atoms with Crippen LogP contribution in [-0.2, 0) is 11.2 Å². The van der Waals surface area contributed by atoms with Crippen molar-refractivity contribution in [2.24, 2.45) is 0 Å². The lowest BCUT2D eigenvalue weighted by Gasteiger charge is -2.21. The number of halogens is 2. The molecule has 1 N–H and O–H groups in total. The van der Waals surface area contributed by atoms with E-state index in [1.165, 1.54) is 12.1 Å². The first-order valence-corrected chi connectivity index (χ1v) is 8.26. The van der Waals surface area contributed by atoms with E-state index >= 15 is 0 Å². The molecule has 0 radical (unpaired) electrons. The Hall–Kier alpha value is -1.91. The summed E-state index contributed by atoms with van der Waals surface area (Å²) in [5.41, 5.74) is 1.81. The molecule has 1 unspecified atom stereocenters. The van der Waals surface area contributed by atoms with Gasteiger partial charge in [0.25, 0.3) is 0 Å². The second kappa shape index (κ2) is 8.81. The molecule has 24 heavy (non-hydrogen) atoms. The van der Waals surface area contributed by atoms with Crippen LogP contribution in [0.25, 0.3) is 0 Å².